The number of esters is 2. The Hall–Kier alpha value is -3.61. The van der Waals surface area contributed by atoms with E-state index in [9.17, 15) is 19.5 Å². The first-order valence-electron chi connectivity index (χ1n) is 9.76. The van der Waals surface area contributed by atoms with E-state index in [-0.39, 0.29) is 29.8 Å². The molecule has 0 spiro atoms. The molecule has 0 amide bonds. The number of fused-ring (bicyclic) bond motifs is 3. The first-order chi connectivity index (χ1) is 14.5. The number of carboxylic acid groups (broad SMARTS) is 1. The quantitative estimate of drug-likeness (QED) is 0.461. The summed E-state index contributed by atoms with van der Waals surface area (Å²) in [5, 5.41) is 14.5. The van der Waals surface area contributed by atoms with Crippen LogP contribution in [-0.2, 0) is 9.53 Å². The van der Waals surface area contributed by atoms with Gasteiger partial charge in [-0.25, -0.2) is 9.59 Å². The van der Waals surface area contributed by atoms with Crippen molar-refractivity contribution in [2.45, 2.75) is 25.3 Å². The zero-order chi connectivity index (χ0) is 21.3. The van der Waals surface area contributed by atoms with Crippen LogP contribution in [0.5, 0.6) is 5.75 Å². The van der Waals surface area contributed by atoms with Gasteiger partial charge in [-0.3, -0.25) is 0 Å². The summed E-state index contributed by atoms with van der Waals surface area (Å²) in [7, 11) is 0. The Morgan fingerprint density at radius 3 is 2.70 bits per heavy atom. The van der Waals surface area contributed by atoms with Crippen LogP contribution in [0.15, 0.2) is 54.6 Å². The van der Waals surface area contributed by atoms with Gasteiger partial charge < -0.3 is 24.7 Å². The molecule has 7 nitrogen and oxygen atoms in total. The summed E-state index contributed by atoms with van der Waals surface area (Å²) >= 11 is 0. The lowest BCUT2D eigenvalue weighted by Crippen LogP contribution is -2.48. The fourth-order valence-electron chi connectivity index (χ4n) is 4.05. The smallest absolute Gasteiger partial charge is 0.343 e. The van der Waals surface area contributed by atoms with E-state index in [1.165, 1.54) is 12.1 Å². The molecule has 30 heavy (non-hydrogen) atoms. The van der Waals surface area contributed by atoms with Crippen LogP contribution in [0.3, 0.4) is 0 Å². The predicted octanol–water partition coefficient (Wildman–Crippen LogP) is 2.29. The molecule has 0 aromatic heterocycles. The van der Waals surface area contributed by atoms with Crippen LogP contribution < -0.4 is 15.2 Å². The average molecular weight is 406 g/mol. The minimum absolute atomic E-state index is 0.118. The van der Waals surface area contributed by atoms with Gasteiger partial charge in [0.05, 0.1) is 24.2 Å². The first kappa shape index (κ1) is 19.7. The van der Waals surface area contributed by atoms with Gasteiger partial charge in [0.25, 0.3) is 0 Å². The molecule has 0 bridgehead atoms. The largest absolute Gasteiger partial charge is 0.548 e. The minimum Gasteiger partial charge on any atom is -0.548 e. The fourth-order valence-corrected chi connectivity index (χ4v) is 4.05. The number of rotatable bonds is 5. The highest BCUT2D eigenvalue weighted by molar-refractivity contribution is 5.96. The third kappa shape index (κ3) is 3.54. The van der Waals surface area contributed by atoms with Crippen LogP contribution in [0, 0.1) is 5.92 Å². The van der Waals surface area contributed by atoms with Gasteiger partial charge in [0.2, 0.25) is 0 Å². The van der Waals surface area contributed by atoms with Gasteiger partial charge in [0.15, 0.2) is 0 Å². The van der Waals surface area contributed by atoms with Gasteiger partial charge in [-0.1, -0.05) is 24.3 Å². The van der Waals surface area contributed by atoms with Crippen molar-refractivity contribution in [3.63, 3.8) is 0 Å². The second kappa shape index (κ2) is 8.02. The van der Waals surface area contributed by atoms with E-state index >= 15 is 0 Å². The van der Waals surface area contributed by atoms with E-state index in [2.05, 4.69) is 5.32 Å². The van der Waals surface area contributed by atoms with Crippen LogP contribution in [0.25, 0.3) is 0 Å². The monoisotopic (exact) mass is 406 g/mol. The zero-order valence-corrected chi connectivity index (χ0v) is 16.3. The van der Waals surface area contributed by atoms with Gasteiger partial charge >= 0.3 is 11.9 Å². The molecule has 7 heteroatoms. The molecule has 4 rings (SSSR count). The number of ether oxygens (including phenoxy) is 2. The molecule has 2 aliphatic rings. The van der Waals surface area contributed by atoms with E-state index in [4.69, 9.17) is 9.47 Å². The Balaban J connectivity index is 1.61. The van der Waals surface area contributed by atoms with Crippen molar-refractivity contribution in [2.75, 3.05) is 11.9 Å². The van der Waals surface area contributed by atoms with E-state index in [1.54, 1.807) is 37.3 Å². The molecular weight excluding hydrogens is 386 g/mol. The summed E-state index contributed by atoms with van der Waals surface area (Å²) < 4.78 is 10.5. The minimum atomic E-state index is -1.14. The maximum Gasteiger partial charge on any atom is 0.343 e. The SMILES string of the molecule is CCOC(=O)c1ccccc1OC(=O)c1ccc2c(c1)[C@H]1C=CC[C@H]1[C@H](C(=O)[O-])N2. The first-order valence-corrected chi connectivity index (χ1v) is 9.76. The molecule has 154 valence electrons. The van der Waals surface area contributed by atoms with Crippen molar-refractivity contribution in [1.29, 1.82) is 0 Å². The molecule has 0 unspecified atom stereocenters. The van der Waals surface area contributed by atoms with Gasteiger partial charge in [-0.15, -0.1) is 0 Å². The van der Waals surface area contributed by atoms with Crippen molar-refractivity contribution in [3.05, 3.63) is 71.3 Å². The van der Waals surface area contributed by atoms with E-state index in [1.807, 2.05) is 12.2 Å². The Morgan fingerprint density at radius 2 is 1.93 bits per heavy atom. The highest BCUT2D eigenvalue weighted by Gasteiger charge is 2.38. The summed E-state index contributed by atoms with van der Waals surface area (Å²) in [4.78, 5) is 36.4. The summed E-state index contributed by atoms with van der Waals surface area (Å²) in [6.45, 7) is 1.91. The highest BCUT2D eigenvalue weighted by atomic mass is 16.5. The molecule has 1 aliphatic heterocycles. The van der Waals surface area contributed by atoms with Crippen molar-refractivity contribution >= 4 is 23.6 Å². The maximum absolute atomic E-state index is 12.8. The Kier molecular flexibility index (Phi) is 5.27. The van der Waals surface area contributed by atoms with E-state index in [0.29, 0.717) is 17.7 Å². The Bertz CT molecular complexity index is 1040. The number of carboxylic acids is 1. The topological polar surface area (TPSA) is 105 Å². The van der Waals surface area contributed by atoms with Crippen LogP contribution in [0.4, 0.5) is 5.69 Å². The van der Waals surface area contributed by atoms with Crippen LogP contribution in [0.1, 0.15) is 45.5 Å². The second-order valence-electron chi connectivity index (χ2n) is 7.20. The maximum atomic E-state index is 12.8. The molecule has 1 aliphatic carbocycles. The number of nitrogens with one attached hydrogen (secondary N) is 1. The standard InChI is InChI=1S/C23H21NO6/c1-2-29-23(28)16-6-3-4-9-19(16)30-22(27)13-10-11-18-17(12-13)14-7-5-8-15(14)20(24-18)21(25)26/h3-7,9-12,14-15,20,24H,2,8H2,1H3,(H,25,26)/p-1/t14-,15+,20+/m0/s1. The van der Waals surface area contributed by atoms with Gasteiger partial charge in [0, 0.05) is 11.6 Å². The molecule has 2 aromatic rings. The molecule has 0 saturated carbocycles. The average Bonchev–Trinajstić information content (AvgIpc) is 3.23. The molecule has 0 saturated heterocycles. The second-order valence-corrected chi connectivity index (χ2v) is 7.20. The molecule has 0 fully saturated rings. The van der Waals surface area contributed by atoms with Crippen LogP contribution >= 0.6 is 0 Å². The summed E-state index contributed by atoms with van der Waals surface area (Å²) in [5.41, 5.74) is 1.96. The molecular formula is C23H20NO6-. The number of allylic oxidation sites excluding steroid dienone is 2. The number of carbonyl (C=O) groups is 3. The van der Waals surface area contributed by atoms with Gasteiger partial charge in [0.1, 0.15) is 11.3 Å². The fraction of sp³-hybridized carbons (Fsp3) is 0.261. The van der Waals surface area contributed by atoms with Crippen molar-refractivity contribution in [3.8, 4) is 5.75 Å². The molecule has 1 N–H and O–H groups in total. The van der Waals surface area contributed by atoms with Crippen molar-refractivity contribution in [1.82, 2.24) is 0 Å². The number of hydrogen-bond donors (Lipinski definition) is 1. The third-order valence-electron chi connectivity index (χ3n) is 5.44. The lowest BCUT2D eigenvalue weighted by Gasteiger charge is -2.37. The van der Waals surface area contributed by atoms with Crippen LogP contribution in [0.2, 0.25) is 0 Å². The number of hydrogen-bond acceptors (Lipinski definition) is 7. The predicted molar refractivity (Wildman–Crippen MR) is 106 cm³/mol. The van der Waals surface area contributed by atoms with E-state index in [0.717, 1.165) is 5.56 Å². The van der Waals surface area contributed by atoms with E-state index < -0.39 is 23.9 Å². The van der Waals surface area contributed by atoms with Gasteiger partial charge in [-0.05, 0) is 55.2 Å². The molecule has 3 atom stereocenters. The Labute approximate surface area is 173 Å². The van der Waals surface area contributed by atoms with Gasteiger partial charge in [-0.2, -0.15) is 0 Å². The number of anilines is 1. The summed E-state index contributed by atoms with van der Waals surface area (Å²) in [5.74, 6) is -2.49. The molecule has 0 radical (unpaired) electrons. The molecule has 2 aromatic carbocycles. The Morgan fingerprint density at radius 1 is 1.13 bits per heavy atom. The third-order valence-corrected chi connectivity index (χ3v) is 5.44. The number of benzene rings is 2. The number of aliphatic carboxylic acids is 1. The van der Waals surface area contributed by atoms with Crippen molar-refractivity contribution in [2.24, 2.45) is 5.92 Å². The summed E-state index contributed by atoms with van der Waals surface area (Å²) in [6, 6.07) is 10.5. The number of para-hydroxylation sites is 1. The zero-order valence-electron chi connectivity index (χ0n) is 16.3. The summed E-state index contributed by atoms with van der Waals surface area (Å²) in [6.07, 6.45) is 4.53. The van der Waals surface area contributed by atoms with Crippen molar-refractivity contribution < 1.29 is 29.0 Å². The van der Waals surface area contributed by atoms with Crippen LogP contribution in [-0.4, -0.2) is 30.6 Å². The lowest BCUT2D eigenvalue weighted by atomic mass is 9.79. The highest BCUT2D eigenvalue weighted by Crippen LogP contribution is 2.44. The lowest BCUT2D eigenvalue weighted by molar-refractivity contribution is -0.308. The number of carbonyl (C=O) groups excluding carboxylic acids is 3. The molecule has 1 heterocycles. The normalized spacial score (nSPS) is 21.2.